The molecule has 3 rings (SSSR count). The van der Waals surface area contributed by atoms with Crippen LogP contribution in [0.4, 0.5) is 0 Å². The number of piperidine rings is 1. The Kier molecular flexibility index (Phi) is 22.8. The third-order valence-corrected chi connectivity index (χ3v) is 12.7. The average Bonchev–Trinajstić information content (AvgIpc) is 3.24. The average molecular weight is 826 g/mol. The van der Waals surface area contributed by atoms with Crippen LogP contribution >= 0.6 is 0 Å². The fraction of sp³-hybridized carbons (Fsp3) is 0.729. The van der Waals surface area contributed by atoms with Crippen LogP contribution in [0.15, 0.2) is 47.6 Å². The summed E-state index contributed by atoms with van der Waals surface area (Å²) in [6.07, 6.45) is 21.8. The van der Waals surface area contributed by atoms with Gasteiger partial charge in [0.2, 0.25) is 5.78 Å². The monoisotopic (exact) mass is 826 g/mol. The zero-order chi connectivity index (χ0) is 43.3. The highest BCUT2D eigenvalue weighted by Gasteiger charge is 2.35. The molecule has 0 spiro atoms. The number of aliphatic hydroxyl groups is 1. The number of nitrogens with zero attached hydrogens (tertiary/aromatic N) is 1. The van der Waals surface area contributed by atoms with E-state index in [1.165, 1.54) is 0 Å². The maximum atomic E-state index is 13.1. The van der Waals surface area contributed by atoms with Gasteiger partial charge < -0.3 is 29.0 Å². The van der Waals surface area contributed by atoms with Crippen LogP contribution in [0, 0.1) is 23.7 Å². The summed E-state index contributed by atoms with van der Waals surface area (Å²) in [5, 5.41) is 10.9. The molecule has 1 N–H and O–H groups in total. The topological polar surface area (TPSA) is 146 Å². The molecule has 11 heteroatoms. The highest BCUT2D eigenvalue weighted by Crippen LogP contribution is 2.31. The number of hydrogen-bond donors (Lipinski definition) is 1. The van der Waals surface area contributed by atoms with Crippen LogP contribution in [-0.4, -0.2) is 104 Å². The van der Waals surface area contributed by atoms with Crippen molar-refractivity contribution in [3.05, 3.63) is 47.6 Å². The van der Waals surface area contributed by atoms with Gasteiger partial charge in [-0.15, -0.1) is 0 Å². The number of amides is 1. The summed E-state index contributed by atoms with van der Waals surface area (Å²) in [4.78, 5) is 64.8. The second-order valence-corrected chi connectivity index (χ2v) is 17.5. The molecule has 8 unspecified atom stereocenters. The number of carbonyl (C=O) groups excluding carboxylic acids is 5. The summed E-state index contributed by atoms with van der Waals surface area (Å²) in [5.74, 6) is -0.991. The molecule has 2 heterocycles. The number of Topliss-reactive ketones (excluding diaryl/α,β-unsaturated/α-hetero) is 3. The SMILES string of the molecule is COC1CCC(CCC(CC(=O)C(C)/C=C(\C)C(O)CC(=O)C(C)CC(C)/C=C/C=C/C=C(\C)C(CC2CCCC(C(=O)C(=O)N3CCCCC3)O2)OC)OC=O)CC1. The first-order valence-corrected chi connectivity index (χ1v) is 22.3. The van der Waals surface area contributed by atoms with E-state index in [2.05, 4.69) is 13.0 Å². The van der Waals surface area contributed by atoms with Gasteiger partial charge in [0.05, 0.1) is 24.4 Å². The van der Waals surface area contributed by atoms with E-state index in [1.807, 2.05) is 38.2 Å². The van der Waals surface area contributed by atoms with Crippen LogP contribution in [0.5, 0.6) is 0 Å². The van der Waals surface area contributed by atoms with Gasteiger partial charge >= 0.3 is 0 Å². The number of aliphatic hydroxyl groups excluding tert-OH is 1. The lowest BCUT2D eigenvalue weighted by Gasteiger charge is -2.33. The maximum Gasteiger partial charge on any atom is 0.293 e. The highest BCUT2D eigenvalue weighted by molar-refractivity contribution is 6.37. The lowest BCUT2D eigenvalue weighted by Crippen LogP contribution is -2.46. The van der Waals surface area contributed by atoms with Crippen molar-refractivity contribution >= 4 is 29.7 Å². The lowest BCUT2D eigenvalue weighted by atomic mass is 9.83. The molecule has 0 aromatic rings. The number of methoxy groups -OCH3 is 2. The number of ketones is 3. The van der Waals surface area contributed by atoms with E-state index in [4.69, 9.17) is 18.9 Å². The third kappa shape index (κ3) is 17.7. The fourth-order valence-corrected chi connectivity index (χ4v) is 8.70. The molecular weight excluding hydrogens is 751 g/mol. The van der Waals surface area contributed by atoms with Crippen LogP contribution in [0.3, 0.4) is 0 Å². The van der Waals surface area contributed by atoms with Crippen molar-refractivity contribution in [3.63, 3.8) is 0 Å². The second-order valence-electron chi connectivity index (χ2n) is 17.5. The molecule has 2 saturated heterocycles. The van der Waals surface area contributed by atoms with Crippen molar-refractivity contribution in [1.29, 1.82) is 0 Å². The van der Waals surface area contributed by atoms with Crippen LogP contribution in [0.2, 0.25) is 0 Å². The molecule has 2 aliphatic heterocycles. The van der Waals surface area contributed by atoms with E-state index in [9.17, 15) is 29.1 Å². The van der Waals surface area contributed by atoms with Crippen LogP contribution in [-0.2, 0) is 42.9 Å². The van der Waals surface area contributed by atoms with Gasteiger partial charge in [0.1, 0.15) is 23.8 Å². The third-order valence-electron chi connectivity index (χ3n) is 12.7. The molecule has 0 aromatic heterocycles. The fourth-order valence-electron chi connectivity index (χ4n) is 8.70. The number of likely N-dealkylation sites (tertiary alicyclic amines) is 1. The Balaban J connectivity index is 1.40. The molecule has 0 aromatic carbocycles. The zero-order valence-corrected chi connectivity index (χ0v) is 37.1. The zero-order valence-electron chi connectivity index (χ0n) is 37.1. The number of rotatable bonds is 25. The van der Waals surface area contributed by atoms with Crippen molar-refractivity contribution in [2.45, 2.75) is 174 Å². The molecule has 1 aliphatic carbocycles. The van der Waals surface area contributed by atoms with Crippen LogP contribution < -0.4 is 0 Å². The normalized spacial score (nSPS) is 25.3. The Morgan fingerprint density at radius 2 is 1.56 bits per heavy atom. The summed E-state index contributed by atoms with van der Waals surface area (Å²) < 4.78 is 22.7. The van der Waals surface area contributed by atoms with Gasteiger partial charge in [0.25, 0.3) is 12.4 Å². The first-order valence-electron chi connectivity index (χ1n) is 22.3. The van der Waals surface area contributed by atoms with E-state index in [0.717, 1.165) is 69.8 Å². The Hall–Kier alpha value is -3.25. The van der Waals surface area contributed by atoms with Crippen LogP contribution in [0.1, 0.15) is 137 Å². The molecular formula is C48H75NO10. The summed E-state index contributed by atoms with van der Waals surface area (Å²) in [5.41, 5.74) is 1.60. The van der Waals surface area contributed by atoms with E-state index in [1.54, 1.807) is 39.0 Å². The van der Waals surface area contributed by atoms with Crippen molar-refractivity contribution in [3.8, 4) is 0 Å². The standard InChI is InChI=1S/C48H75NO10/c1-33(15-10-8-11-16-34(2)46(57-7)30-41-17-14-18-45(59-41)47(54)48(55)49-25-12-9-13-26-49)27-35(3)43(52)31-44(53)37(5)28-36(4)42(51)29-40(58-32-50)24-21-38-19-22-39(56-6)23-20-38/h8,10-11,15-16,28,32-33,35-36,38-41,44-46,53H,9,12-14,17-27,29-31H2,1-7H3/b11-8+,15-10+,34-16+,37-28+. The molecule has 11 nitrogen and oxygen atoms in total. The minimum absolute atomic E-state index is 0.0206. The van der Waals surface area contributed by atoms with E-state index >= 15 is 0 Å². The summed E-state index contributed by atoms with van der Waals surface area (Å²) >= 11 is 0. The predicted octanol–water partition coefficient (Wildman–Crippen LogP) is 8.02. The summed E-state index contributed by atoms with van der Waals surface area (Å²) in [6.45, 7) is 11.2. The molecule has 1 amide bonds. The molecule has 332 valence electrons. The molecule has 0 radical (unpaired) electrons. The second kappa shape index (κ2) is 26.9. The van der Waals surface area contributed by atoms with Gasteiger partial charge in [0, 0.05) is 58.4 Å². The first kappa shape index (κ1) is 50.1. The number of carbonyl (C=O) groups is 5. The molecule has 1 saturated carbocycles. The lowest BCUT2D eigenvalue weighted by molar-refractivity contribution is -0.157. The molecule has 59 heavy (non-hydrogen) atoms. The Labute approximate surface area is 354 Å². The smallest absolute Gasteiger partial charge is 0.293 e. The summed E-state index contributed by atoms with van der Waals surface area (Å²) in [6, 6.07) is 0. The number of hydrogen-bond acceptors (Lipinski definition) is 10. The molecule has 3 fully saturated rings. The van der Waals surface area contributed by atoms with E-state index in [0.29, 0.717) is 62.8 Å². The van der Waals surface area contributed by atoms with Crippen LogP contribution in [0.25, 0.3) is 0 Å². The van der Waals surface area contributed by atoms with Crippen molar-refractivity contribution < 1.29 is 48.0 Å². The Morgan fingerprint density at radius 3 is 2.22 bits per heavy atom. The van der Waals surface area contributed by atoms with Gasteiger partial charge in [-0.05, 0) is 120 Å². The van der Waals surface area contributed by atoms with Crippen molar-refractivity contribution in [2.24, 2.45) is 23.7 Å². The minimum Gasteiger partial charge on any atom is -0.464 e. The van der Waals surface area contributed by atoms with Gasteiger partial charge in [-0.1, -0.05) is 57.2 Å². The maximum absolute atomic E-state index is 13.1. The van der Waals surface area contributed by atoms with Crippen molar-refractivity contribution in [1.82, 2.24) is 4.90 Å². The first-order chi connectivity index (χ1) is 28.3. The predicted molar refractivity (Wildman–Crippen MR) is 229 cm³/mol. The molecule has 3 aliphatic rings. The Bertz CT molecular complexity index is 1450. The minimum atomic E-state index is -0.980. The molecule has 0 bridgehead atoms. The van der Waals surface area contributed by atoms with E-state index < -0.39 is 35.9 Å². The molecule has 8 atom stereocenters. The van der Waals surface area contributed by atoms with Gasteiger partial charge in [-0.25, -0.2) is 0 Å². The highest BCUT2D eigenvalue weighted by atomic mass is 16.5. The van der Waals surface area contributed by atoms with Gasteiger partial charge in [0.15, 0.2) is 0 Å². The Morgan fingerprint density at radius 1 is 0.847 bits per heavy atom. The van der Waals surface area contributed by atoms with E-state index in [-0.39, 0.29) is 48.5 Å². The van der Waals surface area contributed by atoms with Gasteiger partial charge in [-0.2, -0.15) is 0 Å². The van der Waals surface area contributed by atoms with Gasteiger partial charge in [-0.3, -0.25) is 24.0 Å². The summed E-state index contributed by atoms with van der Waals surface area (Å²) in [7, 11) is 3.42. The quantitative estimate of drug-likeness (QED) is 0.0416. The van der Waals surface area contributed by atoms with Crippen molar-refractivity contribution in [2.75, 3.05) is 27.3 Å². The number of allylic oxidation sites excluding steroid dienone is 6. The largest absolute Gasteiger partial charge is 0.464 e. The number of ether oxygens (including phenoxy) is 4.